The third-order valence-electron chi connectivity index (χ3n) is 4.01. The van der Waals surface area contributed by atoms with Crippen molar-refractivity contribution in [1.82, 2.24) is 10.3 Å². The van der Waals surface area contributed by atoms with Gasteiger partial charge in [-0.3, -0.25) is 4.98 Å². The molecule has 0 saturated carbocycles. The van der Waals surface area contributed by atoms with Crippen molar-refractivity contribution in [1.29, 1.82) is 0 Å². The molecule has 2 nitrogen and oxygen atoms in total. The second kappa shape index (κ2) is 6.08. The van der Waals surface area contributed by atoms with Crippen LogP contribution < -0.4 is 5.32 Å². The van der Waals surface area contributed by atoms with Crippen LogP contribution in [-0.4, -0.2) is 18.1 Å². The maximum atomic E-state index is 12.8. The minimum Gasteiger partial charge on any atom is -0.317 e. The molecule has 3 rings (SSSR count). The van der Waals surface area contributed by atoms with E-state index in [1.807, 2.05) is 12.1 Å². The average Bonchev–Trinajstić information content (AvgIpc) is 2.55. The highest BCUT2D eigenvalue weighted by Crippen LogP contribution is 2.32. The zero-order valence-electron chi connectivity index (χ0n) is 12.0. The second-order valence-electron chi connectivity index (χ2n) is 5.55. The standard InChI is InChI=1S/C17H17F3N2/c18-17(19,20)14-4-1-3-13(11-14)16-6-2-5-15(22-16)12-7-9-21-10-8-12/h1-6,11-12,21H,7-10H2. The van der Waals surface area contributed by atoms with Gasteiger partial charge in [-0.1, -0.05) is 18.2 Å². The molecule has 0 unspecified atom stereocenters. The fourth-order valence-electron chi connectivity index (χ4n) is 2.81. The maximum absolute atomic E-state index is 12.8. The number of piperidine rings is 1. The molecule has 1 aliphatic rings. The average molecular weight is 306 g/mol. The Kier molecular flexibility index (Phi) is 4.16. The topological polar surface area (TPSA) is 24.9 Å². The van der Waals surface area contributed by atoms with Gasteiger partial charge in [0.2, 0.25) is 0 Å². The Morgan fingerprint density at radius 1 is 1.00 bits per heavy atom. The molecule has 116 valence electrons. The third-order valence-corrected chi connectivity index (χ3v) is 4.01. The van der Waals surface area contributed by atoms with Crippen molar-refractivity contribution < 1.29 is 13.2 Å². The molecule has 1 aliphatic heterocycles. The van der Waals surface area contributed by atoms with Gasteiger partial charge in [0.1, 0.15) is 0 Å². The van der Waals surface area contributed by atoms with Crippen molar-refractivity contribution in [2.45, 2.75) is 24.9 Å². The number of rotatable bonds is 2. The highest BCUT2D eigenvalue weighted by atomic mass is 19.4. The van der Waals surface area contributed by atoms with Gasteiger partial charge >= 0.3 is 6.18 Å². The molecule has 22 heavy (non-hydrogen) atoms. The van der Waals surface area contributed by atoms with Gasteiger partial charge in [0.15, 0.2) is 0 Å². The fraction of sp³-hybridized carbons (Fsp3) is 0.353. The van der Waals surface area contributed by atoms with E-state index in [0.29, 0.717) is 17.2 Å². The van der Waals surface area contributed by atoms with E-state index in [-0.39, 0.29) is 0 Å². The second-order valence-corrected chi connectivity index (χ2v) is 5.55. The summed E-state index contributed by atoms with van der Waals surface area (Å²) in [7, 11) is 0. The Balaban J connectivity index is 1.92. The summed E-state index contributed by atoms with van der Waals surface area (Å²) in [6.07, 6.45) is -2.30. The number of benzene rings is 1. The van der Waals surface area contributed by atoms with Crippen molar-refractivity contribution in [3.05, 3.63) is 53.7 Å². The summed E-state index contributed by atoms with van der Waals surface area (Å²) in [4.78, 5) is 4.59. The molecular formula is C17H17F3N2. The minimum atomic E-state index is -4.33. The van der Waals surface area contributed by atoms with Gasteiger partial charge in [-0.25, -0.2) is 0 Å². The number of hydrogen-bond acceptors (Lipinski definition) is 2. The van der Waals surface area contributed by atoms with E-state index in [4.69, 9.17) is 0 Å². The lowest BCUT2D eigenvalue weighted by atomic mass is 9.93. The van der Waals surface area contributed by atoms with E-state index in [0.717, 1.165) is 43.8 Å². The van der Waals surface area contributed by atoms with E-state index in [2.05, 4.69) is 10.3 Å². The SMILES string of the molecule is FC(F)(F)c1cccc(-c2cccc(C3CCNCC3)n2)c1. The van der Waals surface area contributed by atoms with E-state index >= 15 is 0 Å². The predicted molar refractivity (Wildman–Crippen MR) is 79.5 cm³/mol. The van der Waals surface area contributed by atoms with Gasteiger partial charge < -0.3 is 5.32 Å². The van der Waals surface area contributed by atoms with Crippen molar-refractivity contribution in [3.63, 3.8) is 0 Å². The highest BCUT2D eigenvalue weighted by molar-refractivity contribution is 5.60. The first-order valence-corrected chi connectivity index (χ1v) is 7.39. The molecule has 1 N–H and O–H groups in total. The van der Waals surface area contributed by atoms with Crippen molar-refractivity contribution in [3.8, 4) is 11.3 Å². The number of alkyl halides is 3. The molecule has 1 aromatic heterocycles. The van der Waals surface area contributed by atoms with Crippen LogP contribution in [0.15, 0.2) is 42.5 Å². The number of hydrogen-bond donors (Lipinski definition) is 1. The molecule has 0 radical (unpaired) electrons. The number of nitrogens with one attached hydrogen (secondary N) is 1. The Morgan fingerprint density at radius 2 is 1.73 bits per heavy atom. The lowest BCUT2D eigenvalue weighted by molar-refractivity contribution is -0.137. The van der Waals surface area contributed by atoms with Crippen molar-refractivity contribution >= 4 is 0 Å². The van der Waals surface area contributed by atoms with Gasteiger partial charge in [-0.2, -0.15) is 13.2 Å². The largest absolute Gasteiger partial charge is 0.416 e. The van der Waals surface area contributed by atoms with Crippen LogP contribution in [0.5, 0.6) is 0 Å². The van der Waals surface area contributed by atoms with Gasteiger partial charge in [0.25, 0.3) is 0 Å². The Labute approximate surface area is 127 Å². The molecule has 0 spiro atoms. The number of aromatic nitrogens is 1. The van der Waals surface area contributed by atoms with Crippen LogP contribution in [0, 0.1) is 0 Å². The van der Waals surface area contributed by atoms with E-state index < -0.39 is 11.7 Å². The number of nitrogens with zero attached hydrogens (tertiary/aromatic N) is 1. The number of halogens is 3. The van der Waals surface area contributed by atoms with Gasteiger partial charge in [-0.05, 0) is 50.2 Å². The first-order chi connectivity index (χ1) is 10.5. The molecule has 0 bridgehead atoms. The first-order valence-electron chi connectivity index (χ1n) is 7.39. The van der Waals surface area contributed by atoms with Crippen LogP contribution in [0.25, 0.3) is 11.3 Å². The van der Waals surface area contributed by atoms with Gasteiger partial charge in [0.05, 0.1) is 11.3 Å². The zero-order chi connectivity index (χ0) is 15.6. The molecule has 1 aromatic carbocycles. The molecule has 1 saturated heterocycles. The first kappa shape index (κ1) is 15.0. The molecule has 2 aromatic rings. The lowest BCUT2D eigenvalue weighted by Crippen LogP contribution is -2.27. The molecule has 5 heteroatoms. The normalized spacial score (nSPS) is 16.7. The molecule has 0 amide bonds. The summed E-state index contributed by atoms with van der Waals surface area (Å²) in [5.74, 6) is 0.381. The predicted octanol–water partition coefficient (Wildman–Crippen LogP) is 4.23. The van der Waals surface area contributed by atoms with Gasteiger partial charge in [-0.15, -0.1) is 0 Å². The highest BCUT2D eigenvalue weighted by Gasteiger charge is 2.30. The van der Waals surface area contributed by atoms with Crippen LogP contribution in [0.1, 0.15) is 30.0 Å². The van der Waals surface area contributed by atoms with Crippen LogP contribution in [-0.2, 0) is 6.18 Å². The van der Waals surface area contributed by atoms with E-state index in [9.17, 15) is 13.2 Å². The van der Waals surface area contributed by atoms with Crippen molar-refractivity contribution in [2.24, 2.45) is 0 Å². The monoisotopic (exact) mass is 306 g/mol. The van der Waals surface area contributed by atoms with Crippen LogP contribution >= 0.6 is 0 Å². The number of pyridine rings is 1. The summed E-state index contributed by atoms with van der Waals surface area (Å²) in [5.41, 5.74) is 1.43. The quantitative estimate of drug-likeness (QED) is 0.898. The van der Waals surface area contributed by atoms with E-state index in [1.165, 1.54) is 6.07 Å². The third kappa shape index (κ3) is 3.30. The van der Waals surface area contributed by atoms with Crippen LogP contribution in [0.3, 0.4) is 0 Å². The summed E-state index contributed by atoms with van der Waals surface area (Å²) in [6, 6.07) is 10.9. The van der Waals surface area contributed by atoms with Crippen molar-refractivity contribution in [2.75, 3.05) is 13.1 Å². The molecule has 0 aliphatic carbocycles. The zero-order valence-corrected chi connectivity index (χ0v) is 12.0. The molecule has 1 fully saturated rings. The van der Waals surface area contributed by atoms with Crippen LogP contribution in [0.4, 0.5) is 13.2 Å². The smallest absolute Gasteiger partial charge is 0.317 e. The molecule has 2 heterocycles. The van der Waals surface area contributed by atoms with Gasteiger partial charge in [0, 0.05) is 17.2 Å². The lowest BCUT2D eigenvalue weighted by Gasteiger charge is -2.22. The molecule has 0 atom stereocenters. The Hall–Kier alpha value is -1.88. The summed E-state index contributed by atoms with van der Waals surface area (Å²) in [6.45, 7) is 1.92. The minimum absolute atomic E-state index is 0.381. The maximum Gasteiger partial charge on any atom is 0.416 e. The fourth-order valence-corrected chi connectivity index (χ4v) is 2.81. The summed E-state index contributed by atoms with van der Waals surface area (Å²) < 4.78 is 38.5. The molecular weight excluding hydrogens is 289 g/mol. The van der Waals surface area contributed by atoms with Crippen LogP contribution in [0.2, 0.25) is 0 Å². The van der Waals surface area contributed by atoms with E-state index in [1.54, 1.807) is 12.1 Å². The summed E-state index contributed by atoms with van der Waals surface area (Å²) in [5, 5.41) is 3.30. The Morgan fingerprint density at radius 3 is 2.45 bits per heavy atom. The summed E-state index contributed by atoms with van der Waals surface area (Å²) >= 11 is 0. The Bertz CT molecular complexity index is 646.